The number of amides is 3. The average molecular weight is 470 g/mol. The van der Waals surface area contributed by atoms with Crippen LogP contribution in [0.1, 0.15) is 31.7 Å². The number of methoxy groups -OCH3 is 2. The molecule has 1 aromatic carbocycles. The normalized spacial score (nSPS) is 19.3. The van der Waals surface area contributed by atoms with Crippen molar-refractivity contribution in [3.63, 3.8) is 0 Å². The van der Waals surface area contributed by atoms with Gasteiger partial charge in [-0.25, -0.2) is 4.79 Å². The van der Waals surface area contributed by atoms with Crippen molar-refractivity contribution in [3.05, 3.63) is 48.3 Å². The standard InChI is InChI=1S/C25H35N5O4/c1-20(8-13-28-12-5-11-26-28)27-14-9-25(10-15-27)23(31)29(24(32)30(25)16-17-33-2)19-21-6-4-7-22(18-21)34-3/h4-7,11-12,18,20H,8-10,13-17,19H2,1-3H3. The van der Waals surface area contributed by atoms with Gasteiger partial charge in [0.2, 0.25) is 0 Å². The Morgan fingerprint density at radius 2 is 1.91 bits per heavy atom. The Kier molecular flexibility index (Phi) is 7.53. The van der Waals surface area contributed by atoms with Crippen molar-refractivity contribution in [2.75, 3.05) is 40.5 Å². The monoisotopic (exact) mass is 469 g/mol. The first-order valence-corrected chi connectivity index (χ1v) is 12.0. The van der Waals surface area contributed by atoms with E-state index in [0.717, 1.165) is 31.6 Å². The summed E-state index contributed by atoms with van der Waals surface area (Å²) in [6.45, 7) is 5.68. The van der Waals surface area contributed by atoms with Crippen molar-refractivity contribution >= 4 is 11.9 Å². The average Bonchev–Trinajstić information content (AvgIpc) is 3.45. The summed E-state index contributed by atoms with van der Waals surface area (Å²) < 4.78 is 12.5. The second-order valence-corrected chi connectivity index (χ2v) is 9.14. The number of nitrogens with zero attached hydrogens (tertiary/aromatic N) is 5. The van der Waals surface area contributed by atoms with E-state index in [1.807, 2.05) is 41.2 Å². The van der Waals surface area contributed by atoms with E-state index >= 15 is 0 Å². The molecule has 4 rings (SSSR count). The molecule has 9 heteroatoms. The molecule has 34 heavy (non-hydrogen) atoms. The van der Waals surface area contributed by atoms with Gasteiger partial charge < -0.3 is 19.3 Å². The van der Waals surface area contributed by atoms with Crippen molar-refractivity contribution in [2.24, 2.45) is 0 Å². The number of hydrogen-bond acceptors (Lipinski definition) is 6. The van der Waals surface area contributed by atoms with E-state index in [9.17, 15) is 9.59 Å². The highest BCUT2D eigenvalue weighted by Gasteiger charge is 2.57. The lowest BCUT2D eigenvalue weighted by molar-refractivity contribution is -0.136. The Hall–Kier alpha value is -2.91. The first-order chi connectivity index (χ1) is 16.5. The molecule has 3 amide bonds. The zero-order valence-electron chi connectivity index (χ0n) is 20.4. The number of carbonyl (C=O) groups is 2. The third kappa shape index (κ3) is 4.81. The van der Waals surface area contributed by atoms with E-state index in [1.54, 1.807) is 25.3 Å². The molecule has 3 heterocycles. The number of hydrogen-bond donors (Lipinski definition) is 0. The quantitative estimate of drug-likeness (QED) is 0.498. The van der Waals surface area contributed by atoms with Crippen molar-refractivity contribution in [2.45, 2.75) is 50.9 Å². The van der Waals surface area contributed by atoms with Crippen LogP contribution in [0.2, 0.25) is 0 Å². The molecule has 2 aromatic rings. The van der Waals surface area contributed by atoms with Gasteiger partial charge >= 0.3 is 6.03 Å². The molecule has 184 valence electrons. The summed E-state index contributed by atoms with van der Waals surface area (Å²) >= 11 is 0. The number of rotatable bonds is 10. The van der Waals surface area contributed by atoms with Gasteiger partial charge in [0.1, 0.15) is 11.3 Å². The molecule has 0 saturated carbocycles. The largest absolute Gasteiger partial charge is 0.497 e. The number of benzene rings is 1. The minimum Gasteiger partial charge on any atom is -0.497 e. The van der Waals surface area contributed by atoms with E-state index in [1.165, 1.54) is 4.90 Å². The maximum atomic E-state index is 13.7. The fourth-order valence-corrected chi connectivity index (χ4v) is 5.12. The predicted molar refractivity (Wildman–Crippen MR) is 127 cm³/mol. The summed E-state index contributed by atoms with van der Waals surface area (Å²) in [6, 6.07) is 9.59. The van der Waals surface area contributed by atoms with Crippen molar-refractivity contribution in [1.29, 1.82) is 0 Å². The SMILES string of the molecule is COCCN1C(=O)N(Cc2cccc(OC)c2)C(=O)C12CCN(C(C)CCn1cccn1)CC2. The highest BCUT2D eigenvalue weighted by molar-refractivity contribution is 6.07. The van der Waals surface area contributed by atoms with Gasteiger partial charge in [0.15, 0.2) is 0 Å². The van der Waals surface area contributed by atoms with Gasteiger partial charge in [0.25, 0.3) is 5.91 Å². The van der Waals surface area contributed by atoms with Gasteiger partial charge in [-0.15, -0.1) is 0 Å². The summed E-state index contributed by atoms with van der Waals surface area (Å²) in [5.41, 5.74) is 0.0710. The summed E-state index contributed by atoms with van der Waals surface area (Å²) in [6.07, 6.45) is 6.01. The number of imide groups is 1. The lowest BCUT2D eigenvalue weighted by Gasteiger charge is -2.44. The molecule has 1 atom stereocenters. The van der Waals surface area contributed by atoms with Gasteiger partial charge in [0.05, 0.1) is 20.3 Å². The van der Waals surface area contributed by atoms with E-state index in [4.69, 9.17) is 9.47 Å². The predicted octanol–water partition coefficient (Wildman–Crippen LogP) is 2.62. The highest BCUT2D eigenvalue weighted by atomic mass is 16.5. The van der Waals surface area contributed by atoms with Gasteiger partial charge in [-0.05, 0) is 49.9 Å². The number of piperidine rings is 1. The molecule has 1 unspecified atom stereocenters. The molecule has 0 radical (unpaired) electrons. The number of carbonyl (C=O) groups excluding carboxylic acids is 2. The third-order valence-corrected chi connectivity index (χ3v) is 7.20. The summed E-state index contributed by atoms with van der Waals surface area (Å²) in [5, 5.41) is 4.29. The molecule has 0 aliphatic carbocycles. The van der Waals surface area contributed by atoms with Crippen LogP contribution in [-0.2, 0) is 22.6 Å². The summed E-state index contributed by atoms with van der Waals surface area (Å²) in [4.78, 5) is 32.7. The molecular formula is C25H35N5O4. The lowest BCUT2D eigenvalue weighted by Crippen LogP contribution is -2.58. The van der Waals surface area contributed by atoms with Crippen LogP contribution in [0.4, 0.5) is 4.79 Å². The summed E-state index contributed by atoms with van der Waals surface area (Å²) in [7, 11) is 3.23. The first kappa shape index (κ1) is 24.2. The molecule has 2 fully saturated rings. The van der Waals surface area contributed by atoms with Gasteiger partial charge in [0, 0.05) is 51.7 Å². The second-order valence-electron chi connectivity index (χ2n) is 9.14. The van der Waals surface area contributed by atoms with Crippen molar-refractivity contribution in [1.82, 2.24) is 24.5 Å². The van der Waals surface area contributed by atoms with Crippen LogP contribution in [0.25, 0.3) is 0 Å². The zero-order chi connectivity index (χ0) is 24.1. The van der Waals surface area contributed by atoms with Crippen molar-refractivity contribution in [3.8, 4) is 5.75 Å². The van der Waals surface area contributed by atoms with Gasteiger partial charge in [-0.2, -0.15) is 5.10 Å². The van der Waals surface area contributed by atoms with Crippen LogP contribution in [0.15, 0.2) is 42.7 Å². The molecule has 9 nitrogen and oxygen atoms in total. The zero-order valence-corrected chi connectivity index (χ0v) is 20.4. The lowest BCUT2D eigenvalue weighted by atomic mass is 9.85. The van der Waals surface area contributed by atoms with E-state index < -0.39 is 5.54 Å². The molecule has 2 aliphatic rings. The second kappa shape index (κ2) is 10.6. The van der Waals surface area contributed by atoms with Crippen LogP contribution < -0.4 is 4.74 Å². The topological polar surface area (TPSA) is 80.1 Å². The number of likely N-dealkylation sites (tertiary alicyclic amines) is 1. The van der Waals surface area contributed by atoms with Gasteiger partial charge in [-0.3, -0.25) is 14.4 Å². The molecular weight excluding hydrogens is 434 g/mol. The van der Waals surface area contributed by atoms with E-state index in [2.05, 4.69) is 16.9 Å². The first-order valence-electron chi connectivity index (χ1n) is 12.0. The molecule has 2 aliphatic heterocycles. The van der Waals surface area contributed by atoms with E-state index in [-0.39, 0.29) is 18.5 Å². The van der Waals surface area contributed by atoms with Crippen LogP contribution >= 0.6 is 0 Å². The Bertz CT molecular complexity index is 971. The number of urea groups is 1. The third-order valence-electron chi connectivity index (χ3n) is 7.20. The molecule has 0 N–H and O–H groups in total. The minimum absolute atomic E-state index is 0.0970. The summed E-state index contributed by atoms with van der Waals surface area (Å²) in [5.74, 6) is 0.611. The van der Waals surface area contributed by atoms with Gasteiger partial charge in [-0.1, -0.05) is 12.1 Å². The fraction of sp³-hybridized carbons (Fsp3) is 0.560. The van der Waals surface area contributed by atoms with Crippen LogP contribution in [0.3, 0.4) is 0 Å². The van der Waals surface area contributed by atoms with Crippen LogP contribution in [-0.4, -0.2) is 88.5 Å². The fourth-order valence-electron chi connectivity index (χ4n) is 5.12. The Morgan fingerprint density at radius 1 is 1.12 bits per heavy atom. The molecule has 1 spiro atoms. The number of aromatic nitrogens is 2. The Morgan fingerprint density at radius 3 is 2.59 bits per heavy atom. The maximum absolute atomic E-state index is 13.7. The van der Waals surface area contributed by atoms with Crippen molar-refractivity contribution < 1.29 is 19.1 Å². The highest BCUT2D eigenvalue weighted by Crippen LogP contribution is 2.38. The minimum atomic E-state index is -0.799. The smallest absolute Gasteiger partial charge is 0.328 e. The Balaban J connectivity index is 1.46. The van der Waals surface area contributed by atoms with Crippen LogP contribution in [0.5, 0.6) is 5.75 Å². The Labute approximate surface area is 201 Å². The molecule has 2 saturated heterocycles. The maximum Gasteiger partial charge on any atom is 0.328 e. The molecule has 1 aromatic heterocycles. The molecule has 0 bridgehead atoms. The number of ether oxygens (including phenoxy) is 2. The van der Waals surface area contributed by atoms with Crippen LogP contribution in [0, 0.1) is 0 Å². The van der Waals surface area contributed by atoms with E-state index in [0.29, 0.717) is 37.8 Å². The number of aryl methyl sites for hydroxylation is 1.